The maximum Gasteiger partial charge on any atom is 0.220 e. The Bertz CT molecular complexity index is 223. The third kappa shape index (κ3) is 6.64. The molecule has 0 bridgehead atoms. The Balaban J connectivity index is 2.03. The van der Waals surface area contributed by atoms with Crippen LogP contribution >= 0.6 is 0 Å². The molecule has 0 saturated heterocycles. The number of amides is 1. The summed E-state index contributed by atoms with van der Waals surface area (Å²) in [6.07, 6.45) is 6.37. The second-order valence-electron chi connectivity index (χ2n) is 5.47. The van der Waals surface area contributed by atoms with Gasteiger partial charge >= 0.3 is 0 Å². The Morgan fingerprint density at radius 3 is 2.53 bits per heavy atom. The SMILES string of the molecule is CN(C)CCNC(=O)CCC1CCC(N)CC1. The Labute approximate surface area is 105 Å². The van der Waals surface area contributed by atoms with E-state index in [2.05, 4.69) is 10.2 Å². The molecule has 1 fully saturated rings. The average molecular weight is 241 g/mol. The minimum Gasteiger partial charge on any atom is -0.355 e. The van der Waals surface area contributed by atoms with Gasteiger partial charge in [0, 0.05) is 25.6 Å². The molecule has 0 aliphatic heterocycles. The molecule has 3 N–H and O–H groups in total. The van der Waals surface area contributed by atoms with Crippen molar-refractivity contribution < 1.29 is 4.79 Å². The molecule has 17 heavy (non-hydrogen) atoms. The number of carbonyl (C=O) groups excluding carboxylic acids is 1. The molecule has 0 aromatic carbocycles. The van der Waals surface area contributed by atoms with Gasteiger partial charge in [0.25, 0.3) is 0 Å². The van der Waals surface area contributed by atoms with Crippen molar-refractivity contribution in [3.63, 3.8) is 0 Å². The predicted molar refractivity (Wildman–Crippen MR) is 70.7 cm³/mol. The number of hydrogen-bond acceptors (Lipinski definition) is 3. The smallest absolute Gasteiger partial charge is 0.220 e. The number of hydrogen-bond donors (Lipinski definition) is 2. The van der Waals surface area contributed by atoms with Gasteiger partial charge in [0.2, 0.25) is 5.91 Å². The minimum atomic E-state index is 0.196. The summed E-state index contributed by atoms with van der Waals surface area (Å²) in [5, 5.41) is 2.96. The van der Waals surface area contributed by atoms with Crippen LogP contribution < -0.4 is 11.1 Å². The van der Waals surface area contributed by atoms with E-state index >= 15 is 0 Å². The topological polar surface area (TPSA) is 58.4 Å². The van der Waals surface area contributed by atoms with E-state index in [0.29, 0.717) is 12.5 Å². The summed E-state index contributed by atoms with van der Waals surface area (Å²) >= 11 is 0. The minimum absolute atomic E-state index is 0.196. The zero-order chi connectivity index (χ0) is 12.7. The number of carbonyl (C=O) groups is 1. The van der Waals surface area contributed by atoms with Crippen LogP contribution in [0.15, 0.2) is 0 Å². The van der Waals surface area contributed by atoms with Gasteiger partial charge in [-0.05, 0) is 52.1 Å². The van der Waals surface area contributed by atoms with Crippen molar-refractivity contribution >= 4 is 5.91 Å². The van der Waals surface area contributed by atoms with Crippen LogP contribution in [0, 0.1) is 5.92 Å². The molecule has 1 aliphatic rings. The van der Waals surface area contributed by atoms with Crippen LogP contribution in [0.5, 0.6) is 0 Å². The summed E-state index contributed by atoms with van der Waals surface area (Å²) in [5.41, 5.74) is 5.86. The van der Waals surface area contributed by atoms with Gasteiger partial charge in [-0.15, -0.1) is 0 Å². The van der Waals surface area contributed by atoms with Gasteiger partial charge in [0.05, 0.1) is 0 Å². The molecule has 0 spiro atoms. The highest BCUT2D eigenvalue weighted by Crippen LogP contribution is 2.26. The monoisotopic (exact) mass is 241 g/mol. The lowest BCUT2D eigenvalue weighted by Crippen LogP contribution is -2.32. The standard InChI is InChI=1S/C13H27N3O/c1-16(2)10-9-15-13(17)8-5-11-3-6-12(14)7-4-11/h11-12H,3-10,14H2,1-2H3,(H,15,17). The van der Waals surface area contributed by atoms with E-state index in [1.54, 1.807) is 0 Å². The van der Waals surface area contributed by atoms with Crippen LogP contribution in [0.3, 0.4) is 0 Å². The number of nitrogens with one attached hydrogen (secondary N) is 1. The van der Waals surface area contributed by atoms with Crippen LogP contribution in [0.2, 0.25) is 0 Å². The van der Waals surface area contributed by atoms with E-state index in [4.69, 9.17) is 5.73 Å². The molecule has 0 aromatic rings. The first-order valence-corrected chi connectivity index (χ1v) is 6.75. The Hall–Kier alpha value is -0.610. The quantitative estimate of drug-likeness (QED) is 0.728. The van der Waals surface area contributed by atoms with Gasteiger partial charge in [-0.25, -0.2) is 0 Å². The third-order valence-electron chi connectivity index (χ3n) is 3.55. The first kappa shape index (κ1) is 14.5. The van der Waals surface area contributed by atoms with E-state index < -0.39 is 0 Å². The maximum absolute atomic E-state index is 11.6. The third-order valence-corrected chi connectivity index (χ3v) is 3.55. The van der Waals surface area contributed by atoms with E-state index in [9.17, 15) is 4.79 Å². The second-order valence-corrected chi connectivity index (χ2v) is 5.47. The van der Waals surface area contributed by atoms with Crippen LogP contribution in [-0.2, 0) is 4.79 Å². The highest BCUT2D eigenvalue weighted by Gasteiger charge is 2.18. The van der Waals surface area contributed by atoms with Crippen molar-refractivity contribution in [1.29, 1.82) is 0 Å². The maximum atomic E-state index is 11.6. The van der Waals surface area contributed by atoms with Crippen molar-refractivity contribution in [3.8, 4) is 0 Å². The van der Waals surface area contributed by atoms with Gasteiger partial charge < -0.3 is 16.0 Å². The molecule has 100 valence electrons. The van der Waals surface area contributed by atoms with E-state index in [1.807, 2.05) is 14.1 Å². The lowest BCUT2D eigenvalue weighted by Gasteiger charge is -2.25. The van der Waals surface area contributed by atoms with Crippen molar-refractivity contribution in [3.05, 3.63) is 0 Å². The largest absolute Gasteiger partial charge is 0.355 e. The molecule has 0 unspecified atom stereocenters. The van der Waals surface area contributed by atoms with Crippen molar-refractivity contribution in [2.75, 3.05) is 27.2 Å². The zero-order valence-electron chi connectivity index (χ0n) is 11.2. The molecule has 1 saturated carbocycles. The lowest BCUT2D eigenvalue weighted by molar-refractivity contribution is -0.121. The van der Waals surface area contributed by atoms with Crippen LogP contribution in [0.4, 0.5) is 0 Å². The van der Waals surface area contributed by atoms with Crippen LogP contribution in [0.25, 0.3) is 0 Å². The lowest BCUT2D eigenvalue weighted by atomic mass is 9.84. The van der Waals surface area contributed by atoms with Gasteiger partial charge in [-0.3, -0.25) is 4.79 Å². The Morgan fingerprint density at radius 1 is 1.29 bits per heavy atom. The molecule has 0 radical (unpaired) electrons. The summed E-state index contributed by atoms with van der Waals surface area (Å²) in [7, 11) is 4.02. The average Bonchev–Trinajstić information content (AvgIpc) is 2.28. The fraction of sp³-hybridized carbons (Fsp3) is 0.923. The van der Waals surface area contributed by atoms with Gasteiger partial charge in [-0.1, -0.05) is 0 Å². The molecule has 0 heterocycles. The van der Waals surface area contributed by atoms with E-state index in [-0.39, 0.29) is 5.91 Å². The molecule has 0 aromatic heterocycles. The normalized spacial score (nSPS) is 24.9. The first-order valence-electron chi connectivity index (χ1n) is 6.75. The second kappa shape index (κ2) is 7.67. The van der Waals surface area contributed by atoms with Gasteiger partial charge in [0.1, 0.15) is 0 Å². The van der Waals surface area contributed by atoms with Crippen LogP contribution in [-0.4, -0.2) is 44.0 Å². The summed E-state index contributed by atoms with van der Waals surface area (Å²) in [6.45, 7) is 1.66. The Morgan fingerprint density at radius 2 is 1.94 bits per heavy atom. The molecule has 0 atom stereocenters. The summed E-state index contributed by atoms with van der Waals surface area (Å²) in [4.78, 5) is 13.6. The number of likely N-dealkylation sites (N-methyl/N-ethyl adjacent to an activating group) is 1. The van der Waals surface area contributed by atoms with Gasteiger partial charge in [-0.2, -0.15) is 0 Å². The number of nitrogens with two attached hydrogens (primary N) is 1. The summed E-state index contributed by atoms with van der Waals surface area (Å²) in [5.74, 6) is 0.913. The van der Waals surface area contributed by atoms with Gasteiger partial charge in [0.15, 0.2) is 0 Å². The van der Waals surface area contributed by atoms with Crippen molar-refractivity contribution in [1.82, 2.24) is 10.2 Å². The fourth-order valence-corrected chi connectivity index (χ4v) is 2.32. The molecule has 1 aliphatic carbocycles. The molecule has 4 heteroatoms. The number of nitrogens with zero attached hydrogens (tertiary/aromatic N) is 1. The molecule has 1 rings (SSSR count). The molecule has 4 nitrogen and oxygen atoms in total. The van der Waals surface area contributed by atoms with Crippen molar-refractivity contribution in [2.45, 2.75) is 44.6 Å². The zero-order valence-corrected chi connectivity index (χ0v) is 11.2. The highest BCUT2D eigenvalue weighted by atomic mass is 16.1. The first-order chi connectivity index (χ1) is 8.08. The highest BCUT2D eigenvalue weighted by molar-refractivity contribution is 5.75. The summed E-state index contributed by atoms with van der Waals surface area (Å²) < 4.78 is 0. The summed E-state index contributed by atoms with van der Waals surface area (Å²) in [6, 6.07) is 0.403. The fourth-order valence-electron chi connectivity index (χ4n) is 2.32. The predicted octanol–water partition coefficient (Wildman–Crippen LogP) is 0.962. The molecular formula is C13H27N3O. The molecule has 1 amide bonds. The van der Waals surface area contributed by atoms with Crippen molar-refractivity contribution in [2.24, 2.45) is 11.7 Å². The van der Waals surface area contributed by atoms with E-state index in [1.165, 1.54) is 12.8 Å². The van der Waals surface area contributed by atoms with Crippen LogP contribution in [0.1, 0.15) is 38.5 Å². The van der Waals surface area contributed by atoms with E-state index in [0.717, 1.165) is 38.3 Å². The number of rotatable bonds is 6. The molecular weight excluding hydrogens is 214 g/mol. The Kier molecular flexibility index (Phi) is 6.52.